The van der Waals surface area contributed by atoms with E-state index >= 15 is 0 Å². The van der Waals surface area contributed by atoms with E-state index in [1.165, 1.54) is 0 Å². The fourth-order valence-electron chi connectivity index (χ4n) is 2.00. The Labute approximate surface area is 141 Å². The lowest BCUT2D eigenvalue weighted by molar-refractivity contribution is -0.137. The van der Waals surface area contributed by atoms with Crippen LogP contribution < -0.4 is 5.32 Å². The zero-order chi connectivity index (χ0) is 18.6. The lowest BCUT2D eigenvalue weighted by Crippen LogP contribution is -2.15. The van der Waals surface area contributed by atoms with E-state index in [-0.39, 0.29) is 11.3 Å². The molecule has 0 heterocycles. The van der Waals surface area contributed by atoms with Gasteiger partial charge in [0.25, 0.3) is 5.91 Å². The minimum atomic E-state index is -4.48. The van der Waals surface area contributed by atoms with Crippen LogP contribution in [0.3, 0.4) is 0 Å². The van der Waals surface area contributed by atoms with Crippen molar-refractivity contribution in [2.45, 2.75) is 13.1 Å². The summed E-state index contributed by atoms with van der Waals surface area (Å²) >= 11 is 0. The zero-order valence-corrected chi connectivity index (χ0v) is 13.1. The lowest BCUT2D eigenvalue weighted by atomic mass is 10.1. The van der Waals surface area contributed by atoms with Crippen molar-refractivity contribution in [1.29, 1.82) is 5.26 Å². The van der Waals surface area contributed by atoms with Gasteiger partial charge in [-0.15, -0.1) is 0 Å². The van der Waals surface area contributed by atoms with Gasteiger partial charge in [-0.25, -0.2) is 0 Å². The molecular weight excluding hydrogens is 333 g/mol. The SMILES string of the molecule is Cc1ccc(/C(O)=C(\C#N)C(=O)Nc2ccc(C(F)(F)F)cc2)cc1. The number of nitrogens with one attached hydrogen (secondary N) is 1. The topological polar surface area (TPSA) is 73.1 Å². The van der Waals surface area contributed by atoms with Crippen molar-refractivity contribution in [2.75, 3.05) is 5.32 Å². The number of carbonyl (C=O) groups excluding carboxylic acids is 1. The molecule has 25 heavy (non-hydrogen) atoms. The molecular formula is C18H13F3N2O2. The summed E-state index contributed by atoms with van der Waals surface area (Å²) in [4.78, 5) is 12.1. The van der Waals surface area contributed by atoms with Crippen LogP contribution in [0.2, 0.25) is 0 Å². The van der Waals surface area contributed by atoms with Gasteiger partial charge in [0, 0.05) is 11.3 Å². The second kappa shape index (κ2) is 7.09. The van der Waals surface area contributed by atoms with E-state index in [1.807, 2.05) is 6.92 Å². The monoisotopic (exact) mass is 346 g/mol. The molecule has 2 aromatic rings. The summed E-state index contributed by atoms with van der Waals surface area (Å²) in [6, 6.07) is 11.9. The smallest absolute Gasteiger partial charge is 0.416 e. The first kappa shape index (κ1) is 18.1. The zero-order valence-electron chi connectivity index (χ0n) is 13.1. The quantitative estimate of drug-likeness (QED) is 0.490. The number of aliphatic hydroxyl groups is 1. The maximum absolute atomic E-state index is 12.5. The number of nitriles is 1. The number of nitrogens with zero attached hydrogens (tertiary/aromatic N) is 1. The number of carbonyl (C=O) groups is 1. The highest BCUT2D eigenvalue weighted by atomic mass is 19.4. The van der Waals surface area contributed by atoms with Crippen molar-refractivity contribution >= 4 is 17.4 Å². The van der Waals surface area contributed by atoms with Crippen LogP contribution in [-0.4, -0.2) is 11.0 Å². The molecule has 2 rings (SSSR count). The molecule has 128 valence electrons. The third-order valence-corrected chi connectivity index (χ3v) is 3.37. The molecule has 7 heteroatoms. The maximum atomic E-state index is 12.5. The number of amides is 1. The third-order valence-electron chi connectivity index (χ3n) is 3.37. The standard InChI is InChI=1S/C18H13F3N2O2/c1-11-2-4-12(5-3-11)16(24)15(10-22)17(25)23-14-8-6-13(7-9-14)18(19,20)21/h2-9,24H,1H3,(H,23,25)/b16-15-. The van der Waals surface area contributed by atoms with Gasteiger partial charge in [-0.3, -0.25) is 4.79 Å². The van der Waals surface area contributed by atoms with E-state index < -0.39 is 29.0 Å². The number of halogens is 3. The fraction of sp³-hybridized carbons (Fsp3) is 0.111. The molecule has 0 aromatic heterocycles. The van der Waals surface area contributed by atoms with E-state index in [0.29, 0.717) is 0 Å². The van der Waals surface area contributed by atoms with Crippen molar-refractivity contribution in [3.8, 4) is 6.07 Å². The van der Waals surface area contributed by atoms with Crippen molar-refractivity contribution in [2.24, 2.45) is 0 Å². The second-order valence-corrected chi connectivity index (χ2v) is 5.23. The molecule has 1 amide bonds. The molecule has 0 atom stereocenters. The molecule has 0 saturated heterocycles. The van der Waals surface area contributed by atoms with Gasteiger partial charge in [0.15, 0.2) is 5.57 Å². The van der Waals surface area contributed by atoms with Crippen LogP contribution in [0, 0.1) is 18.3 Å². The van der Waals surface area contributed by atoms with Crippen molar-refractivity contribution in [3.63, 3.8) is 0 Å². The minimum Gasteiger partial charge on any atom is -0.506 e. The average molecular weight is 346 g/mol. The molecule has 0 radical (unpaired) electrons. The molecule has 2 N–H and O–H groups in total. The summed E-state index contributed by atoms with van der Waals surface area (Å²) < 4.78 is 37.5. The number of hydrogen-bond donors (Lipinski definition) is 2. The Bertz CT molecular complexity index is 846. The van der Waals surface area contributed by atoms with Gasteiger partial charge in [-0.05, 0) is 31.2 Å². The third kappa shape index (κ3) is 4.38. The highest BCUT2D eigenvalue weighted by Gasteiger charge is 2.30. The molecule has 0 aliphatic rings. The summed E-state index contributed by atoms with van der Waals surface area (Å²) in [7, 11) is 0. The summed E-state index contributed by atoms with van der Waals surface area (Å²) in [5.74, 6) is -1.42. The van der Waals surface area contributed by atoms with E-state index in [4.69, 9.17) is 5.26 Å². The van der Waals surface area contributed by atoms with Crippen molar-refractivity contribution < 1.29 is 23.1 Å². The van der Waals surface area contributed by atoms with Crippen LogP contribution in [0.25, 0.3) is 5.76 Å². The predicted molar refractivity (Wildman–Crippen MR) is 86.4 cm³/mol. The average Bonchev–Trinajstić information content (AvgIpc) is 2.55. The summed E-state index contributed by atoms with van der Waals surface area (Å²) in [6.45, 7) is 1.84. The van der Waals surface area contributed by atoms with Crippen LogP contribution in [0.1, 0.15) is 16.7 Å². The Morgan fingerprint density at radius 1 is 1.08 bits per heavy atom. The first-order chi connectivity index (χ1) is 11.7. The van der Waals surface area contributed by atoms with E-state index in [9.17, 15) is 23.1 Å². The first-order valence-electron chi connectivity index (χ1n) is 7.11. The molecule has 2 aromatic carbocycles. The maximum Gasteiger partial charge on any atom is 0.416 e. The van der Waals surface area contributed by atoms with Gasteiger partial charge in [-0.1, -0.05) is 29.8 Å². The number of aryl methyl sites for hydroxylation is 1. The minimum absolute atomic E-state index is 0.0717. The number of rotatable bonds is 3. The molecule has 0 bridgehead atoms. The summed E-state index contributed by atoms with van der Waals surface area (Å²) in [6.07, 6.45) is -4.48. The summed E-state index contributed by atoms with van der Waals surface area (Å²) in [5.41, 5.74) is -0.107. The van der Waals surface area contributed by atoms with E-state index in [1.54, 1.807) is 30.3 Å². The van der Waals surface area contributed by atoms with Gasteiger partial charge in [0.2, 0.25) is 0 Å². The molecule has 4 nitrogen and oxygen atoms in total. The molecule has 0 fully saturated rings. The summed E-state index contributed by atoms with van der Waals surface area (Å²) in [5, 5.41) is 21.5. The number of aliphatic hydroxyl groups excluding tert-OH is 1. The first-order valence-corrected chi connectivity index (χ1v) is 7.11. The van der Waals surface area contributed by atoms with E-state index in [0.717, 1.165) is 29.8 Å². The molecule has 0 aliphatic carbocycles. The van der Waals surface area contributed by atoms with Crippen LogP contribution in [0.5, 0.6) is 0 Å². The molecule has 0 aliphatic heterocycles. The number of anilines is 1. The highest BCUT2D eigenvalue weighted by molar-refractivity contribution is 6.10. The Balaban J connectivity index is 2.24. The van der Waals surface area contributed by atoms with Gasteiger partial charge >= 0.3 is 6.18 Å². The van der Waals surface area contributed by atoms with Crippen molar-refractivity contribution in [1.82, 2.24) is 0 Å². The van der Waals surface area contributed by atoms with Gasteiger partial charge in [0.1, 0.15) is 11.8 Å². The Morgan fingerprint density at radius 2 is 1.64 bits per heavy atom. The van der Waals surface area contributed by atoms with E-state index in [2.05, 4.69) is 5.32 Å². The van der Waals surface area contributed by atoms with Gasteiger partial charge < -0.3 is 10.4 Å². The predicted octanol–water partition coefficient (Wildman–Crippen LogP) is 4.45. The Morgan fingerprint density at radius 3 is 2.12 bits per heavy atom. The van der Waals surface area contributed by atoms with Crippen molar-refractivity contribution in [3.05, 3.63) is 70.8 Å². The molecule has 0 spiro atoms. The largest absolute Gasteiger partial charge is 0.506 e. The fourth-order valence-corrected chi connectivity index (χ4v) is 2.00. The van der Waals surface area contributed by atoms with Crippen LogP contribution in [0.4, 0.5) is 18.9 Å². The number of hydrogen-bond acceptors (Lipinski definition) is 3. The Hall–Kier alpha value is -3.27. The van der Waals surface area contributed by atoms with Crippen LogP contribution >= 0.6 is 0 Å². The van der Waals surface area contributed by atoms with Crippen LogP contribution in [-0.2, 0) is 11.0 Å². The number of benzene rings is 2. The lowest BCUT2D eigenvalue weighted by Gasteiger charge is -2.09. The van der Waals surface area contributed by atoms with Gasteiger partial charge in [-0.2, -0.15) is 18.4 Å². The van der Waals surface area contributed by atoms with Gasteiger partial charge in [0.05, 0.1) is 5.56 Å². The normalized spacial score (nSPS) is 12.1. The highest BCUT2D eigenvalue weighted by Crippen LogP contribution is 2.30. The second-order valence-electron chi connectivity index (χ2n) is 5.23. The van der Waals surface area contributed by atoms with Crippen LogP contribution in [0.15, 0.2) is 54.1 Å². The molecule has 0 unspecified atom stereocenters. The molecule has 0 saturated carbocycles. The Kier molecular flexibility index (Phi) is 5.13. The number of alkyl halides is 3.